The predicted molar refractivity (Wildman–Crippen MR) is 105 cm³/mol. The second-order valence-corrected chi connectivity index (χ2v) is 6.97. The average Bonchev–Trinajstić information content (AvgIpc) is 3.16. The Balaban J connectivity index is 1.58. The topological polar surface area (TPSA) is 55.8 Å². The zero-order valence-electron chi connectivity index (χ0n) is 14.9. The maximum Gasteiger partial charge on any atom is 0.191 e. The third-order valence-corrected chi connectivity index (χ3v) is 5.11. The van der Waals surface area contributed by atoms with Crippen LogP contribution in [0.15, 0.2) is 40.1 Å². The van der Waals surface area contributed by atoms with Gasteiger partial charge in [0.05, 0.1) is 0 Å². The molecular formula is C18H26N6S. The quantitative estimate of drug-likeness (QED) is 0.630. The minimum Gasteiger partial charge on any atom is -0.354 e. The molecule has 2 aromatic rings. The largest absolute Gasteiger partial charge is 0.354 e. The van der Waals surface area contributed by atoms with Crippen molar-refractivity contribution in [2.24, 2.45) is 4.99 Å². The monoisotopic (exact) mass is 358 g/mol. The Hall–Kier alpha value is -2.12. The van der Waals surface area contributed by atoms with Crippen molar-refractivity contribution < 1.29 is 0 Å². The van der Waals surface area contributed by atoms with Crippen LogP contribution in [0.3, 0.4) is 0 Å². The van der Waals surface area contributed by atoms with E-state index in [0.29, 0.717) is 6.54 Å². The summed E-state index contributed by atoms with van der Waals surface area (Å²) in [5.41, 5.74) is 2.47. The first-order chi connectivity index (χ1) is 12.3. The second-order valence-electron chi connectivity index (χ2n) is 6.19. The molecule has 3 rings (SSSR count). The summed E-state index contributed by atoms with van der Waals surface area (Å²) in [5, 5.41) is 11.0. The highest BCUT2D eigenvalue weighted by Crippen LogP contribution is 2.18. The second kappa shape index (κ2) is 8.82. The molecule has 1 aliphatic rings. The molecule has 134 valence electrons. The number of likely N-dealkylation sites (N-methyl/N-ethyl adjacent to an activating group) is 1. The van der Waals surface area contributed by atoms with E-state index in [0.717, 1.165) is 44.5 Å². The van der Waals surface area contributed by atoms with E-state index in [4.69, 9.17) is 0 Å². The molecule has 0 bridgehead atoms. The number of thiophene rings is 1. The fourth-order valence-electron chi connectivity index (χ4n) is 2.85. The Kier molecular flexibility index (Phi) is 6.25. The summed E-state index contributed by atoms with van der Waals surface area (Å²) in [4.78, 5) is 13.7. The number of guanidine groups is 1. The van der Waals surface area contributed by atoms with Crippen molar-refractivity contribution in [2.45, 2.75) is 13.1 Å². The van der Waals surface area contributed by atoms with E-state index in [2.05, 4.69) is 60.4 Å². The molecule has 1 aliphatic heterocycles. The summed E-state index contributed by atoms with van der Waals surface area (Å²) in [6.45, 7) is 5.68. The van der Waals surface area contributed by atoms with E-state index in [-0.39, 0.29) is 0 Å². The molecule has 0 unspecified atom stereocenters. The van der Waals surface area contributed by atoms with Crippen LogP contribution < -0.4 is 15.5 Å². The fraction of sp³-hybridized carbons (Fsp3) is 0.444. The molecule has 0 amide bonds. The van der Waals surface area contributed by atoms with Crippen LogP contribution in [-0.4, -0.2) is 56.1 Å². The van der Waals surface area contributed by atoms with Crippen LogP contribution in [-0.2, 0) is 13.1 Å². The molecule has 0 radical (unpaired) electrons. The molecule has 25 heavy (non-hydrogen) atoms. The lowest BCUT2D eigenvalue weighted by Gasteiger charge is -2.34. The molecule has 0 spiro atoms. The lowest BCUT2D eigenvalue weighted by atomic mass is 10.2. The van der Waals surface area contributed by atoms with Crippen LogP contribution in [0.1, 0.15) is 11.1 Å². The molecule has 0 atom stereocenters. The van der Waals surface area contributed by atoms with E-state index in [1.807, 2.05) is 12.3 Å². The first-order valence-corrected chi connectivity index (χ1v) is 9.53. The van der Waals surface area contributed by atoms with Crippen molar-refractivity contribution in [2.75, 3.05) is 45.2 Å². The predicted octanol–water partition coefficient (Wildman–Crippen LogP) is 1.76. The minimum absolute atomic E-state index is 0.707. The third kappa shape index (κ3) is 4.93. The van der Waals surface area contributed by atoms with Gasteiger partial charge in [-0.2, -0.15) is 11.3 Å². The molecule has 7 heteroatoms. The van der Waals surface area contributed by atoms with E-state index in [1.165, 1.54) is 11.1 Å². The van der Waals surface area contributed by atoms with Crippen LogP contribution in [0.2, 0.25) is 0 Å². The molecule has 1 fully saturated rings. The molecular weight excluding hydrogens is 332 g/mol. The van der Waals surface area contributed by atoms with Crippen molar-refractivity contribution >= 4 is 23.1 Å². The van der Waals surface area contributed by atoms with Gasteiger partial charge in [0.15, 0.2) is 5.96 Å². The number of piperazine rings is 1. The van der Waals surface area contributed by atoms with Crippen LogP contribution in [0, 0.1) is 0 Å². The molecule has 3 heterocycles. The highest BCUT2D eigenvalue weighted by molar-refractivity contribution is 7.07. The Morgan fingerprint density at radius 1 is 1.20 bits per heavy atom. The number of nitrogens with one attached hydrogen (secondary N) is 2. The van der Waals surface area contributed by atoms with E-state index < -0.39 is 0 Å². The van der Waals surface area contributed by atoms with E-state index in [9.17, 15) is 0 Å². The van der Waals surface area contributed by atoms with E-state index >= 15 is 0 Å². The smallest absolute Gasteiger partial charge is 0.191 e. The molecule has 6 nitrogen and oxygen atoms in total. The summed E-state index contributed by atoms with van der Waals surface area (Å²) in [6.07, 6.45) is 1.88. The van der Waals surface area contributed by atoms with Crippen molar-refractivity contribution in [1.29, 1.82) is 0 Å². The minimum atomic E-state index is 0.707. The zero-order valence-corrected chi connectivity index (χ0v) is 15.7. The van der Waals surface area contributed by atoms with Gasteiger partial charge in [0.1, 0.15) is 5.82 Å². The van der Waals surface area contributed by atoms with Crippen molar-refractivity contribution in [1.82, 2.24) is 20.5 Å². The standard InChI is InChI=1S/C18H26N6S/c1-19-18(21-12-15-5-11-25-14-15)22-13-16-4-3-6-20-17(16)24-9-7-23(2)8-10-24/h3-6,11,14H,7-10,12-13H2,1-2H3,(H2,19,21,22). The van der Waals surface area contributed by atoms with Gasteiger partial charge in [0.25, 0.3) is 0 Å². The maximum absolute atomic E-state index is 4.63. The maximum atomic E-state index is 4.63. The molecule has 0 saturated carbocycles. The average molecular weight is 359 g/mol. The Labute approximate surface area is 153 Å². The number of rotatable bonds is 5. The van der Waals surface area contributed by atoms with Gasteiger partial charge < -0.3 is 20.4 Å². The van der Waals surface area contributed by atoms with Crippen LogP contribution in [0.4, 0.5) is 5.82 Å². The van der Waals surface area contributed by atoms with Gasteiger partial charge in [-0.25, -0.2) is 4.98 Å². The van der Waals surface area contributed by atoms with Gasteiger partial charge in [0.2, 0.25) is 0 Å². The van der Waals surface area contributed by atoms with Gasteiger partial charge in [-0.05, 0) is 35.5 Å². The zero-order chi connectivity index (χ0) is 17.5. The Morgan fingerprint density at radius 3 is 2.72 bits per heavy atom. The van der Waals surface area contributed by atoms with Crippen molar-refractivity contribution in [3.05, 3.63) is 46.3 Å². The van der Waals surface area contributed by atoms with E-state index in [1.54, 1.807) is 18.4 Å². The first kappa shape index (κ1) is 17.7. The van der Waals surface area contributed by atoms with Crippen LogP contribution in [0.5, 0.6) is 0 Å². The number of hydrogen-bond donors (Lipinski definition) is 2. The van der Waals surface area contributed by atoms with Gasteiger partial charge in [-0.1, -0.05) is 6.07 Å². The SMILES string of the molecule is CN=C(NCc1ccsc1)NCc1cccnc1N1CCN(C)CC1. The van der Waals surface area contributed by atoms with Gasteiger partial charge in [0, 0.05) is 58.1 Å². The number of hydrogen-bond acceptors (Lipinski definition) is 5. The molecule has 2 N–H and O–H groups in total. The van der Waals surface area contributed by atoms with Gasteiger partial charge in [-0.3, -0.25) is 4.99 Å². The summed E-state index contributed by atoms with van der Waals surface area (Å²) in [6, 6.07) is 6.26. The third-order valence-electron chi connectivity index (χ3n) is 4.38. The summed E-state index contributed by atoms with van der Waals surface area (Å²) < 4.78 is 0. The number of aliphatic imine (C=N–C) groups is 1. The van der Waals surface area contributed by atoms with Crippen LogP contribution >= 0.6 is 11.3 Å². The lowest BCUT2D eigenvalue weighted by molar-refractivity contribution is 0.312. The fourth-order valence-corrected chi connectivity index (χ4v) is 3.52. The number of aromatic nitrogens is 1. The van der Waals surface area contributed by atoms with Crippen molar-refractivity contribution in [3.63, 3.8) is 0 Å². The molecule has 0 aromatic carbocycles. The highest BCUT2D eigenvalue weighted by atomic mass is 32.1. The molecule has 2 aromatic heterocycles. The Morgan fingerprint density at radius 2 is 2.00 bits per heavy atom. The number of pyridine rings is 1. The normalized spacial score (nSPS) is 16.1. The summed E-state index contributed by atoms with van der Waals surface area (Å²) >= 11 is 1.71. The van der Waals surface area contributed by atoms with Crippen molar-refractivity contribution in [3.8, 4) is 0 Å². The number of nitrogens with zero attached hydrogens (tertiary/aromatic N) is 4. The molecule has 0 aliphatic carbocycles. The summed E-state index contributed by atoms with van der Waals surface area (Å²) in [7, 11) is 3.97. The van der Waals surface area contributed by atoms with Gasteiger partial charge >= 0.3 is 0 Å². The summed E-state index contributed by atoms with van der Waals surface area (Å²) in [5.74, 6) is 1.88. The lowest BCUT2D eigenvalue weighted by Crippen LogP contribution is -2.45. The first-order valence-electron chi connectivity index (χ1n) is 8.59. The molecule has 1 saturated heterocycles. The highest BCUT2D eigenvalue weighted by Gasteiger charge is 2.17. The van der Waals surface area contributed by atoms with Crippen LogP contribution in [0.25, 0.3) is 0 Å². The van der Waals surface area contributed by atoms with Gasteiger partial charge in [-0.15, -0.1) is 0 Å². The number of anilines is 1. The Bertz CT molecular complexity index is 677.